The summed E-state index contributed by atoms with van der Waals surface area (Å²) in [6.45, 7) is 0.789. The summed E-state index contributed by atoms with van der Waals surface area (Å²) in [6.07, 6.45) is 5.47. The molecule has 0 atom stereocenters. The van der Waals surface area contributed by atoms with Crippen LogP contribution in [0, 0.1) is 0 Å². The molecule has 1 fully saturated rings. The summed E-state index contributed by atoms with van der Waals surface area (Å²) in [6, 6.07) is 7.79. The Balaban J connectivity index is 1.51. The van der Waals surface area contributed by atoms with Gasteiger partial charge in [0.1, 0.15) is 0 Å². The third-order valence-electron chi connectivity index (χ3n) is 3.47. The minimum atomic E-state index is 0.133. The number of carbonyl (C=O) groups excluding carboxylic acids is 1. The predicted molar refractivity (Wildman–Crippen MR) is 95.3 cm³/mol. The topological polar surface area (TPSA) is 29.1 Å². The van der Waals surface area contributed by atoms with Crippen molar-refractivity contribution in [2.75, 3.05) is 18.1 Å². The number of halogens is 1. The Labute approximate surface area is 140 Å². The first-order valence-corrected chi connectivity index (χ1v) is 10.0. The van der Waals surface area contributed by atoms with Gasteiger partial charge in [0.15, 0.2) is 0 Å². The number of thioether (sulfide) groups is 2. The maximum Gasteiger partial charge on any atom is 0.230 e. The van der Waals surface area contributed by atoms with Crippen LogP contribution in [0.4, 0.5) is 0 Å². The van der Waals surface area contributed by atoms with Crippen LogP contribution < -0.4 is 5.32 Å². The fraction of sp³-hybridized carbons (Fsp3) is 0.562. The monoisotopic (exact) mass is 343 g/mol. The van der Waals surface area contributed by atoms with Gasteiger partial charge in [0.25, 0.3) is 0 Å². The van der Waals surface area contributed by atoms with Gasteiger partial charge < -0.3 is 5.32 Å². The molecule has 1 aromatic rings. The predicted octanol–water partition coefficient (Wildman–Crippen LogP) is 4.37. The molecule has 1 saturated carbocycles. The molecule has 0 bridgehead atoms. The largest absolute Gasteiger partial charge is 0.355 e. The van der Waals surface area contributed by atoms with E-state index in [0.29, 0.717) is 5.75 Å². The molecular weight excluding hydrogens is 322 g/mol. The lowest BCUT2D eigenvalue weighted by molar-refractivity contribution is -0.118. The molecule has 21 heavy (non-hydrogen) atoms. The average molecular weight is 344 g/mol. The quantitative estimate of drug-likeness (QED) is 0.711. The van der Waals surface area contributed by atoms with Gasteiger partial charge in [0, 0.05) is 28.3 Å². The summed E-state index contributed by atoms with van der Waals surface area (Å²) in [4.78, 5) is 11.7. The first kappa shape index (κ1) is 17.0. The maximum absolute atomic E-state index is 11.7. The van der Waals surface area contributed by atoms with Crippen LogP contribution in [0.1, 0.15) is 31.2 Å². The van der Waals surface area contributed by atoms with Crippen LogP contribution in [0.2, 0.25) is 5.02 Å². The Morgan fingerprint density at radius 1 is 1.33 bits per heavy atom. The minimum Gasteiger partial charge on any atom is -0.355 e. The van der Waals surface area contributed by atoms with E-state index >= 15 is 0 Å². The van der Waals surface area contributed by atoms with Gasteiger partial charge in [-0.2, -0.15) is 11.8 Å². The fourth-order valence-electron chi connectivity index (χ4n) is 2.41. The molecule has 1 amide bonds. The van der Waals surface area contributed by atoms with Crippen LogP contribution >= 0.6 is 35.1 Å². The molecule has 1 aliphatic carbocycles. The van der Waals surface area contributed by atoms with E-state index in [1.165, 1.54) is 25.7 Å². The summed E-state index contributed by atoms with van der Waals surface area (Å²) < 4.78 is 0. The molecule has 0 unspecified atom stereocenters. The van der Waals surface area contributed by atoms with E-state index in [4.69, 9.17) is 11.6 Å². The molecule has 1 aromatic carbocycles. The van der Waals surface area contributed by atoms with Gasteiger partial charge in [0.05, 0.1) is 5.75 Å². The lowest BCUT2D eigenvalue weighted by Crippen LogP contribution is -2.27. The van der Waals surface area contributed by atoms with Crippen LogP contribution in [0.3, 0.4) is 0 Å². The number of amides is 1. The summed E-state index contributed by atoms with van der Waals surface area (Å²) in [7, 11) is 0. The summed E-state index contributed by atoms with van der Waals surface area (Å²) in [5.41, 5.74) is 1.16. The molecule has 0 saturated heterocycles. The summed E-state index contributed by atoms with van der Waals surface area (Å²) >= 11 is 9.57. The van der Waals surface area contributed by atoms with Crippen molar-refractivity contribution < 1.29 is 4.79 Å². The normalized spacial score (nSPS) is 15.3. The molecule has 2 rings (SSSR count). The van der Waals surface area contributed by atoms with E-state index in [9.17, 15) is 4.79 Å². The van der Waals surface area contributed by atoms with Crippen LogP contribution in [0.5, 0.6) is 0 Å². The van der Waals surface area contributed by atoms with E-state index in [0.717, 1.165) is 33.9 Å². The number of rotatable bonds is 8. The minimum absolute atomic E-state index is 0.133. The smallest absolute Gasteiger partial charge is 0.230 e. The van der Waals surface area contributed by atoms with Gasteiger partial charge >= 0.3 is 0 Å². The molecule has 116 valence electrons. The lowest BCUT2D eigenvalue weighted by atomic mass is 10.2. The Bertz CT molecular complexity index is 450. The van der Waals surface area contributed by atoms with Gasteiger partial charge in [-0.3, -0.25) is 4.79 Å². The Morgan fingerprint density at radius 2 is 2.14 bits per heavy atom. The van der Waals surface area contributed by atoms with E-state index < -0.39 is 0 Å². The zero-order valence-corrected chi connectivity index (χ0v) is 14.5. The maximum atomic E-state index is 11.7. The number of benzene rings is 1. The second-order valence-corrected chi connectivity index (χ2v) is 8.08. The van der Waals surface area contributed by atoms with Gasteiger partial charge in [-0.15, -0.1) is 11.8 Å². The van der Waals surface area contributed by atoms with Crippen LogP contribution in [0.15, 0.2) is 24.3 Å². The van der Waals surface area contributed by atoms with E-state index in [1.54, 1.807) is 11.8 Å². The Kier molecular flexibility index (Phi) is 7.83. The molecule has 0 aliphatic heterocycles. The highest BCUT2D eigenvalue weighted by Gasteiger charge is 2.14. The van der Waals surface area contributed by atoms with Crippen LogP contribution in [-0.2, 0) is 10.5 Å². The molecule has 0 spiro atoms. The third kappa shape index (κ3) is 6.98. The van der Waals surface area contributed by atoms with Crippen molar-refractivity contribution in [2.45, 2.75) is 36.7 Å². The van der Waals surface area contributed by atoms with Gasteiger partial charge in [-0.05, 0) is 30.5 Å². The first-order valence-electron chi connectivity index (χ1n) is 7.44. The lowest BCUT2D eigenvalue weighted by Gasteiger charge is -2.09. The average Bonchev–Trinajstić information content (AvgIpc) is 2.97. The van der Waals surface area contributed by atoms with Gasteiger partial charge in [-0.1, -0.05) is 36.6 Å². The van der Waals surface area contributed by atoms with Crippen LogP contribution in [0.25, 0.3) is 0 Å². The highest BCUT2D eigenvalue weighted by Crippen LogP contribution is 2.28. The SMILES string of the molecule is O=C(CSCc1cccc(Cl)c1)NCCSC1CCCC1. The van der Waals surface area contributed by atoms with Crippen molar-refractivity contribution in [1.29, 1.82) is 0 Å². The van der Waals surface area contributed by atoms with Crippen molar-refractivity contribution in [1.82, 2.24) is 5.32 Å². The summed E-state index contributed by atoms with van der Waals surface area (Å²) in [5.74, 6) is 2.51. The highest BCUT2D eigenvalue weighted by atomic mass is 35.5. The summed E-state index contributed by atoms with van der Waals surface area (Å²) in [5, 5.41) is 4.58. The molecule has 0 heterocycles. The second-order valence-electron chi connectivity index (χ2n) is 5.25. The van der Waals surface area contributed by atoms with Gasteiger partial charge in [0.2, 0.25) is 5.91 Å². The standard InChI is InChI=1S/C16H22ClNOS2/c17-14-5-3-4-13(10-14)11-20-12-16(19)18-8-9-21-15-6-1-2-7-15/h3-5,10,15H,1-2,6-9,11-12H2,(H,18,19). The van der Waals surface area contributed by atoms with Crippen molar-refractivity contribution in [3.8, 4) is 0 Å². The van der Waals surface area contributed by atoms with Crippen molar-refractivity contribution >= 4 is 41.0 Å². The zero-order valence-electron chi connectivity index (χ0n) is 12.1. The van der Waals surface area contributed by atoms with Crippen molar-refractivity contribution in [3.05, 3.63) is 34.9 Å². The van der Waals surface area contributed by atoms with Crippen molar-refractivity contribution in [3.63, 3.8) is 0 Å². The zero-order chi connectivity index (χ0) is 14.9. The molecule has 1 aliphatic rings. The van der Waals surface area contributed by atoms with E-state index in [1.807, 2.05) is 36.0 Å². The second kappa shape index (κ2) is 9.65. The molecule has 1 N–H and O–H groups in total. The highest BCUT2D eigenvalue weighted by molar-refractivity contribution is 8.00. The fourth-order valence-corrected chi connectivity index (χ4v) is 4.65. The van der Waals surface area contributed by atoms with Crippen molar-refractivity contribution in [2.24, 2.45) is 0 Å². The van der Waals surface area contributed by atoms with E-state index in [-0.39, 0.29) is 5.91 Å². The first-order chi connectivity index (χ1) is 10.2. The van der Waals surface area contributed by atoms with E-state index in [2.05, 4.69) is 5.32 Å². The molecule has 5 heteroatoms. The number of carbonyl (C=O) groups is 1. The molecule has 0 radical (unpaired) electrons. The van der Waals surface area contributed by atoms with Gasteiger partial charge in [-0.25, -0.2) is 0 Å². The molecular formula is C16H22ClNOS2. The Morgan fingerprint density at radius 3 is 2.90 bits per heavy atom. The number of hydrogen-bond donors (Lipinski definition) is 1. The molecule has 0 aromatic heterocycles. The third-order valence-corrected chi connectivity index (χ3v) is 6.09. The number of hydrogen-bond acceptors (Lipinski definition) is 3. The number of nitrogens with one attached hydrogen (secondary N) is 1. The Hall–Kier alpha value is -0.320. The molecule has 2 nitrogen and oxygen atoms in total. The van der Waals surface area contributed by atoms with Crippen LogP contribution in [-0.4, -0.2) is 29.2 Å².